The second-order valence-electron chi connectivity index (χ2n) is 6.09. The molecule has 1 fully saturated rings. The molecule has 0 radical (unpaired) electrons. The lowest BCUT2D eigenvalue weighted by Gasteiger charge is -2.34. The van der Waals surface area contributed by atoms with Crippen molar-refractivity contribution in [2.24, 2.45) is 0 Å². The minimum atomic E-state index is -0.127. The van der Waals surface area contributed by atoms with Gasteiger partial charge in [0.25, 0.3) is 0 Å². The summed E-state index contributed by atoms with van der Waals surface area (Å²) in [5.41, 5.74) is 3.40. The molecule has 2 amide bonds. The molecular weight excluding hydrogens is 308 g/mol. The van der Waals surface area contributed by atoms with Crippen LogP contribution in [0, 0.1) is 13.8 Å². The summed E-state index contributed by atoms with van der Waals surface area (Å²) in [7, 11) is 0. The third-order valence-electron chi connectivity index (χ3n) is 4.19. The fraction of sp³-hybridized carbons (Fsp3) is 0.412. The highest BCUT2D eigenvalue weighted by Gasteiger charge is 2.27. The molecule has 0 spiro atoms. The van der Waals surface area contributed by atoms with E-state index in [-0.39, 0.29) is 24.8 Å². The summed E-state index contributed by atoms with van der Waals surface area (Å²) in [5.74, 6) is -0.163. The van der Waals surface area contributed by atoms with Gasteiger partial charge in [-0.2, -0.15) is 0 Å². The number of carbonyl (C=O) groups excluding carboxylic acids is 2. The highest BCUT2D eigenvalue weighted by Crippen LogP contribution is 2.13. The second-order valence-corrected chi connectivity index (χ2v) is 6.09. The summed E-state index contributed by atoms with van der Waals surface area (Å²) in [6.07, 6.45) is 0.112. The van der Waals surface area contributed by atoms with Crippen molar-refractivity contribution >= 4 is 11.8 Å². The van der Waals surface area contributed by atoms with Gasteiger partial charge in [-0.15, -0.1) is 0 Å². The third kappa shape index (κ3) is 3.61. The molecule has 2 aromatic rings. The van der Waals surface area contributed by atoms with Crippen LogP contribution >= 0.6 is 0 Å². The van der Waals surface area contributed by atoms with Crippen molar-refractivity contribution in [3.63, 3.8) is 0 Å². The Morgan fingerprint density at radius 3 is 2.75 bits per heavy atom. The molecule has 1 aliphatic heterocycles. The monoisotopic (exact) mass is 328 g/mol. The summed E-state index contributed by atoms with van der Waals surface area (Å²) in [6.45, 7) is 5.52. The van der Waals surface area contributed by atoms with Crippen LogP contribution in [0.5, 0.6) is 0 Å². The Morgan fingerprint density at radius 2 is 2.08 bits per heavy atom. The smallest absolute Gasteiger partial charge is 0.242 e. The first-order valence-electron chi connectivity index (χ1n) is 7.92. The highest BCUT2D eigenvalue weighted by molar-refractivity contribution is 5.86. The minimum absolute atomic E-state index is 0.0360. The van der Waals surface area contributed by atoms with Crippen molar-refractivity contribution in [3.8, 4) is 0 Å². The van der Waals surface area contributed by atoms with Crippen LogP contribution in [0.1, 0.15) is 22.5 Å². The van der Waals surface area contributed by atoms with Gasteiger partial charge in [0.2, 0.25) is 11.8 Å². The Balaban J connectivity index is 1.58. The van der Waals surface area contributed by atoms with E-state index in [1.807, 2.05) is 25.1 Å². The third-order valence-corrected chi connectivity index (χ3v) is 4.19. The number of nitrogens with zero attached hydrogens (tertiary/aromatic N) is 4. The summed E-state index contributed by atoms with van der Waals surface area (Å²) in [6, 6.07) is 8.11. The average molecular weight is 328 g/mol. The predicted molar refractivity (Wildman–Crippen MR) is 85.9 cm³/mol. The molecule has 126 valence electrons. The van der Waals surface area contributed by atoms with E-state index >= 15 is 0 Å². The summed E-state index contributed by atoms with van der Waals surface area (Å²) >= 11 is 0. The molecule has 0 unspecified atom stereocenters. The van der Waals surface area contributed by atoms with E-state index in [4.69, 9.17) is 0 Å². The fourth-order valence-corrected chi connectivity index (χ4v) is 2.78. The lowest BCUT2D eigenvalue weighted by molar-refractivity contribution is -0.145. The largest absolute Gasteiger partial charge is 0.335 e. The number of benzene rings is 1. The Morgan fingerprint density at radius 1 is 1.25 bits per heavy atom. The fourth-order valence-electron chi connectivity index (χ4n) is 2.78. The van der Waals surface area contributed by atoms with E-state index in [9.17, 15) is 9.59 Å². The van der Waals surface area contributed by atoms with Crippen molar-refractivity contribution < 1.29 is 14.2 Å². The van der Waals surface area contributed by atoms with Crippen LogP contribution in [0.15, 0.2) is 28.9 Å². The zero-order valence-corrected chi connectivity index (χ0v) is 13.9. The second kappa shape index (κ2) is 6.82. The molecule has 1 aromatic heterocycles. The molecule has 2 heterocycles. The number of piperazine rings is 1. The zero-order valence-electron chi connectivity index (χ0n) is 13.9. The van der Waals surface area contributed by atoms with Gasteiger partial charge in [0.15, 0.2) is 0 Å². The highest BCUT2D eigenvalue weighted by atomic mass is 16.6. The Bertz CT molecular complexity index is 756. The van der Waals surface area contributed by atoms with E-state index in [0.29, 0.717) is 31.0 Å². The minimum Gasteiger partial charge on any atom is -0.335 e. The lowest BCUT2D eigenvalue weighted by Crippen LogP contribution is -2.52. The van der Waals surface area contributed by atoms with Gasteiger partial charge in [0.05, 0.1) is 13.0 Å². The van der Waals surface area contributed by atoms with Crippen molar-refractivity contribution in [2.45, 2.75) is 26.8 Å². The Kier molecular flexibility index (Phi) is 4.59. The Hall–Kier alpha value is -2.70. The molecule has 0 atom stereocenters. The maximum absolute atomic E-state index is 12.4. The average Bonchev–Trinajstić information content (AvgIpc) is 2.94. The topological polar surface area (TPSA) is 79.5 Å². The molecule has 1 aliphatic rings. The standard InChI is InChI=1S/C17H20N4O3/c1-12-4-3-5-14(8-12)10-20-6-7-21(11-17(20)23)16(22)9-15-13(2)18-24-19-15/h3-5,8H,6-7,9-11H2,1-2H3. The molecule has 0 saturated carbocycles. The van der Waals surface area contributed by atoms with Crippen molar-refractivity contribution in [1.82, 2.24) is 20.1 Å². The number of hydrogen-bond acceptors (Lipinski definition) is 5. The van der Waals surface area contributed by atoms with Crippen LogP contribution in [-0.4, -0.2) is 51.6 Å². The number of amides is 2. The first-order chi connectivity index (χ1) is 11.5. The van der Waals surface area contributed by atoms with Gasteiger partial charge in [-0.25, -0.2) is 4.63 Å². The van der Waals surface area contributed by atoms with Crippen molar-refractivity contribution in [3.05, 3.63) is 46.8 Å². The van der Waals surface area contributed by atoms with Crippen LogP contribution in [0.3, 0.4) is 0 Å². The first-order valence-corrected chi connectivity index (χ1v) is 7.92. The Labute approximate surface area is 140 Å². The number of aromatic nitrogens is 2. The number of rotatable bonds is 4. The van der Waals surface area contributed by atoms with Gasteiger partial charge in [-0.1, -0.05) is 40.1 Å². The van der Waals surface area contributed by atoms with E-state index in [1.54, 1.807) is 16.7 Å². The van der Waals surface area contributed by atoms with Crippen LogP contribution in [0.4, 0.5) is 0 Å². The van der Waals surface area contributed by atoms with Crippen molar-refractivity contribution in [1.29, 1.82) is 0 Å². The van der Waals surface area contributed by atoms with Gasteiger partial charge in [-0.05, 0) is 19.4 Å². The quantitative estimate of drug-likeness (QED) is 0.840. The van der Waals surface area contributed by atoms with Crippen LogP contribution < -0.4 is 0 Å². The van der Waals surface area contributed by atoms with Crippen LogP contribution in [0.2, 0.25) is 0 Å². The molecule has 1 saturated heterocycles. The summed E-state index contributed by atoms with van der Waals surface area (Å²) in [5, 5.41) is 7.38. The summed E-state index contributed by atoms with van der Waals surface area (Å²) < 4.78 is 4.60. The van der Waals surface area contributed by atoms with E-state index < -0.39 is 0 Å². The van der Waals surface area contributed by atoms with Gasteiger partial charge in [-0.3, -0.25) is 9.59 Å². The molecule has 1 aromatic carbocycles. The normalized spacial score (nSPS) is 15.0. The SMILES string of the molecule is Cc1cccc(CN2CCN(C(=O)Cc3nonc3C)CC2=O)c1. The molecule has 7 nitrogen and oxygen atoms in total. The van der Waals surface area contributed by atoms with Crippen LogP contribution in [0.25, 0.3) is 0 Å². The van der Waals surface area contributed by atoms with Gasteiger partial charge in [0.1, 0.15) is 11.4 Å². The molecule has 7 heteroatoms. The van der Waals surface area contributed by atoms with E-state index in [0.717, 1.165) is 5.56 Å². The predicted octanol–water partition coefficient (Wildman–Crippen LogP) is 1.10. The van der Waals surface area contributed by atoms with Gasteiger partial charge >= 0.3 is 0 Å². The van der Waals surface area contributed by atoms with Crippen molar-refractivity contribution in [2.75, 3.05) is 19.6 Å². The summed E-state index contributed by atoms with van der Waals surface area (Å²) in [4.78, 5) is 28.0. The maximum Gasteiger partial charge on any atom is 0.242 e. The van der Waals surface area contributed by atoms with Crippen LogP contribution in [-0.2, 0) is 22.6 Å². The molecule has 24 heavy (non-hydrogen) atoms. The first kappa shape index (κ1) is 16.2. The van der Waals surface area contributed by atoms with E-state index in [2.05, 4.69) is 21.0 Å². The number of hydrogen-bond donors (Lipinski definition) is 0. The van der Waals surface area contributed by atoms with Gasteiger partial charge in [0, 0.05) is 19.6 Å². The maximum atomic E-state index is 12.4. The molecule has 0 aliphatic carbocycles. The van der Waals surface area contributed by atoms with Gasteiger partial charge < -0.3 is 9.80 Å². The number of carbonyl (C=O) groups is 2. The van der Waals surface area contributed by atoms with E-state index in [1.165, 1.54) is 5.56 Å². The molecule has 3 rings (SSSR count). The molecular formula is C17H20N4O3. The lowest BCUT2D eigenvalue weighted by atomic mass is 10.1. The zero-order chi connectivity index (χ0) is 17.1. The number of aryl methyl sites for hydroxylation is 2. The molecule has 0 N–H and O–H groups in total. The molecule has 0 bridgehead atoms.